The molecule has 0 unspecified atom stereocenters. The minimum absolute atomic E-state index is 0.246. The smallest absolute Gasteiger partial charge is 0.264 e. The quantitative estimate of drug-likeness (QED) is 0.702. The minimum atomic E-state index is 0.246. The monoisotopic (exact) mass is 156 g/mol. The van der Waals surface area contributed by atoms with Crippen molar-refractivity contribution < 1.29 is 9.26 Å². The zero-order valence-corrected chi connectivity index (χ0v) is 6.92. The van der Waals surface area contributed by atoms with Gasteiger partial charge in [0, 0.05) is 5.92 Å². The Bertz CT molecular complexity index is 243. The summed E-state index contributed by atoms with van der Waals surface area (Å²) in [6, 6.07) is 0. The van der Waals surface area contributed by atoms with E-state index in [0.29, 0.717) is 5.75 Å². The van der Waals surface area contributed by atoms with Crippen LogP contribution in [0, 0.1) is 0 Å². The largest absolute Gasteiger partial charge is 0.490 e. The Morgan fingerprint density at radius 1 is 1.55 bits per heavy atom. The van der Waals surface area contributed by atoms with E-state index in [2.05, 4.69) is 5.16 Å². The predicted octanol–water partition coefficient (Wildman–Crippen LogP) is 1.39. The number of nitrogens with zero attached hydrogens (tertiary/aromatic N) is 1. The number of nitrogen functional groups attached to an aromatic ring is 1. The number of ether oxygens (including phenoxy) is 1. The third-order valence-electron chi connectivity index (χ3n) is 1.45. The van der Waals surface area contributed by atoms with Crippen LogP contribution in [0.25, 0.3) is 0 Å². The first kappa shape index (κ1) is 7.91. The van der Waals surface area contributed by atoms with Crippen LogP contribution in [0.4, 0.5) is 5.88 Å². The van der Waals surface area contributed by atoms with Crippen LogP contribution in [0.5, 0.6) is 5.75 Å². The number of hydrogen-bond acceptors (Lipinski definition) is 4. The molecule has 0 bridgehead atoms. The van der Waals surface area contributed by atoms with Crippen molar-refractivity contribution in [3.8, 4) is 5.75 Å². The summed E-state index contributed by atoms with van der Waals surface area (Å²) in [4.78, 5) is 0. The van der Waals surface area contributed by atoms with E-state index in [4.69, 9.17) is 15.0 Å². The summed E-state index contributed by atoms with van der Waals surface area (Å²) in [6.45, 7) is 4.00. The molecular formula is C7H12N2O2. The van der Waals surface area contributed by atoms with Gasteiger partial charge in [-0.1, -0.05) is 19.0 Å². The molecule has 1 aromatic rings. The standard InChI is InChI=1S/C7H12N2O2/c1-4(2)5-6(10-3)7(8)11-9-5/h4H,8H2,1-3H3. The number of aromatic nitrogens is 1. The normalized spacial score (nSPS) is 10.5. The molecule has 0 saturated heterocycles. The van der Waals surface area contributed by atoms with E-state index in [-0.39, 0.29) is 11.8 Å². The van der Waals surface area contributed by atoms with Crippen LogP contribution in [-0.4, -0.2) is 12.3 Å². The Morgan fingerprint density at radius 2 is 2.18 bits per heavy atom. The van der Waals surface area contributed by atoms with Crippen LogP contribution in [0.3, 0.4) is 0 Å². The van der Waals surface area contributed by atoms with Crippen molar-refractivity contribution in [3.63, 3.8) is 0 Å². The average Bonchev–Trinajstić information content (AvgIpc) is 2.30. The summed E-state index contributed by atoms with van der Waals surface area (Å²) in [5.74, 6) is 1.07. The van der Waals surface area contributed by atoms with Crippen molar-refractivity contribution in [1.82, 2.24) is 5.16 Å². The molecule has 4 heteroatoms. The van der Waals surface area contributed by atoms with Gasteiger partial charge in [-0.3, -0.25) is 0 Å². The van der Waals surface area contributed by atoms with Crippen molar-refractivity contribution in [2.24, 2.45) is 0 Å². The maximum atomic E-state index is 5.44. The molecule has 0 atom stereocenters. The summed E-state index contributed by atoms with van der Waals surface area (Å²) >= 11 is 0. The molecule has 0 radical (unpaired) electrons. The van der Waals surface area contributed by atoms with Gasteiger partial charge in [0.2, 0.25) is 5.75 Å². The molecular weight excluding hydrogens is 144 g/mol. The lowest BCUT2D eigenvalue weighted by atomic mass is 10.1. The van der Waals surface area contributed by atoms with E-state index >= 15 is 0 Å². The van der Waals surface area contributed by atoms with Gasteiger partial charge in [-0.05, 0) is 0 Å². The van der Waals surface area contributed by atoms with Gasteiger partial charge < -0.3 is 15.0 Å². The molecule has 4 nitrogen and oxygen atoms in total. The summed E-state index contributed by atoms with van der Waals surface area (Å²) in [6.07, 6.45) is 0. The van der Waals surface area contributed by atoms with Gasteiger partial charge in [-0.15, -0.1) is 0 Å². The minimum Gasteiger partial charge on any atom is -0.490 e. The topological polar surface area (TPSA) is 61.3 Å². The fourth-order valence-corrected chi connectivity index (χ4v) is 0.880. The third kappa shape index (κ3) is 1.29. The molecule has 0 aliphatic rings. The molecule has 11 heavy (non-hydrogen) atoms. The van der Waals surface area contributed by atoms with Gasteiger partial charge in [-0.2, -0.15) is 0 Å². The molecule has 1 aromatic heterocycles. The molecule has 0 aromatic carbocycles. The lowest BCUT2D eigenvalue weighted by Gasteiger charge is -2.01. The van der Waals surface area contributed by atoms with Gasteiger partial charge in [0.1, 0.15) is 5.69 Å². The summed E-state index contributed by atoms with van der Waals surface area (Å²) < 4.78 is 9.75. The van der Waals surface area contributed by atoms with Crippen molar-refractivity contribution in [2.75, 3.05) is 12.8 Å². The maximum Gasteiger partial charge on any atom is 0.264 e. The second-order valence-corrected chi connectivity index (χ2v) is 2.62. The fourth-order valence-electron chi connectivity index (χ4n) is 0.880. The van der Waals surface area contributed by atoms with E-state index in [1.807, 2.05) is 13.8 Å². The molecule has 0 amide bonds. The predicted molar refractivity (Wildman–Crippen MR) is 41.6 cm³/mol. The second-order valence-electron chi connectivity index (χ2n) is 2.62. The maximum absolute atomic E-state index is 5.44. The SMILES string of the molecule is COc1c(C(C)C)noc1N. The number of rotatable bonds is 2. The van der Waals surface area contributed by atoms with Crippen molar-refractivity contribution in [1.29, 1.82) is 0 Å². The molecule has 0 fully saturated rings. The molecule has 0 aliphatic carbocycles. The Hall–Kier alpha value is -1.19. The third-order valence-corrected chi connectivity index (χ3v) is 1.45. The zero-order valence-electron chi connectivity index (χ0n) is 6.92. The zero-order chi connectivity index (χ0) is 8.43. The highest BCUT2D eigenvalue weighted by molar-refractivity contribution is 5.46. The fraction of sp³-hybridized carbons (Fsp3) is 0.571. The van der Waals surface area contributed by atoms with Gasteiger partial charge in [-0.25, -0.2) is 0 Å². The number of nitrogens with two attached hydrogens (primary N) is 1. The van der Waals surface area contributed by atoms with Crippen LogP contribution in [0.1, 0.15) is 25.5 Å². The van der Waals surface area contributed by atoms with Crippen molar-refractivity contribution in [2.45, 2.75) is 19.8 Å². The van der Waals surface area contributed by atoms with Gasteiger partial charge >= 0.3 is 0 Å². The molecule has 0 saturated carbocycles. The first-order chi connectivity index (χ1) is 5.16. The van der Waals surface area contributed by atoms with Crippen LogP contribution < -0.4 is 10.5 Å². The Balaban J connectivity index is 3.05. The lowest BCUT2D eigenvalue weighted by Crippen LogP contribution is -1.93. The van der Waals surface area contributed by atoms with Crippen molar-refractivity contribution >= 4 is 5.88 Å². The van der Waals surface area contributed by atoms with Gasteiger partial charge in [0.05, 0.1) is 7.11 Å². The number of methoxy groups -OCH3 is 1. The molecule has 1 heterocycles. The highest BCUT2D eigenvalue weighted by atomic mass is 16.5. The van der Waals surface area contributed by atoms with Gasteiger partial charge in [0.25, 0.3) is 5.88 Å². The summed E-state index contributed by atoms with van der Waals surface area (Å²) in [5.41, 5.74) is 6.20. The van der Waals surface area contributed by atoms with Crippen LogP contribution in [0.15, 0.2) is 4.52 Å². The van der Waals surface area contributed by atoms with Gasteiger partial charge in [0.15, 0.2) is 0 Å². The molecule has 0 spiro atoms. The molecule has 62 valence electrons. The summed E-state index contributed by atoms with van der Waals surface area (Å²) in [5, 5.41) is 3.76. The van der Waals surface area contributed by atoms with Crippen molar-refractivity contribution in [3.05, 3.63) is 5.69 Å². The molecule has 1 rings (SSSR count). The lowest BCUT2D eigenvalue weighted by molar-refractivity contribution is 0.403. The molecule has 0 aliphatic heterocycles. The highest BCUT2D eigenvalue weighted by Gasteiger charge is 2.16. The van der Waals surface area contributed by atoms with E-state index in [1.54, 1.807) is 7.11 Å². The number of hydrogen-bond donors (Lipinski definition) is 1. The van der Waals surface area contributed by atoms with Crippen LogP contribution in [-0.2, 0) is 0 Å². The summed E-state index contributed by atoms with van der Waals surface area (Å²) in [7, 11) is 1.55. The average molecular weight is 156 g/mol. The van der Waals surface area contributed by atoms with Crippen LogP contribution in [0.2, 0.25) is 0 Å². The van der Waals surface area contributed by atoms with E-state index in [1.165, 1.54) is 0 Å². The first-order valence-electron chi connectivity index (χ1n) is 3.45. The van der Waals surface area contributed by atoms with E-state index < -0.39 is 0 Å². The second kappa shape index (κ2) is 2.82. The van der Waals surface area contributed by atoms with E-state index in [0.717, 1.165) is 5.69 Å². The molecule has 2 N–H and O–H groups in total. The Morgan fingerprint density at radius 3 is 2.55 bits per heavy atom. The first-order valence-corrected chi connectivity index (χ1v) is 3.45. The van der Waals surface area contributed by atoms with Crippen LogP contribution >= 0.6 is 0 Å². The Labute approximate surface area is 65.3 Å². The number of anilines is 1. The Kier molecular flexibility index (Phi) is 2.03. The van der Waals surface area contributed by atoms with E-state index in [9.17, 15) is 0 Å². The highest BCUT2D eigenvalue weighted by Crippen LogP contribution is 2.30.